The zero-order valence-corrected chi connectivity index (χ0v) is 19.3. The van der Waals surface area contributed by atoms with Crippen molar-refractivity contribution in [1.29, 1.82) is 0 Å². The Morgan fingerprint density at radius 2 is 1.94 bits per heavy atom. The SMILES string of the molecule is COc1ccc(C)cc1-n1c(SC(C)C(=O)N2CCCC2)nc2cc(Cl)ccc2c1=O. The average molecular weight is 458 g/mol. The fourth-order valence-corrected chi connectivity index (χ4v) is 4.98. The van der Waals surface area contributed by atoms with Gasteiger partial charge < -0.3 is 9.64 Å². The van der Waals surface area contributed by atoms with E-state index in [4.69, 9.17) is 21.3 Å². The zero-order chi connectivity index (χ0) is 22.1. The molecule has 0 saturated carbocycles. The lowest BCUT2D eigenvalue weighted by Crippen LogP contribution is -2.34. The van der Waals surface area contributed by atoms with Crippen LogP contribution in [-0.4, -0.2) is 45.8 Å². The van der Waals surface area contributed by atoms with Gasteiger partial charge in [-0.2, -0.15) is 0 Å². The topological polar surface area (TPSA) is 64.4 Å². The van der Waals surface area contributed by atoms with Gasteiger partial charge in [-0.25, -0.2) is 4.98 Å². The van der Waals surface area contributed by atoms with E-state index in [0.717, 1.165) is 31.5 Å². The standard InChI is InChI=1S/C23H24ClN3O3S/c1-14-6-9-20(30-3)19(12-14)27-22(29)17-8-7-16(24)13-18(17)25-23(27)31-15(2)21(28)26-10-4-5-11-26/h6-9,12-13,15H,4-5,10-11H2,1-3H3. The molecule has 1 unspecified atom stereocenters. The molecule has 1 atom stereocenters. The molecule has 2 heterocycles. The first-order chi connectivity index (χ1) is 14.9. The van der Waals surface area contributed by atoms with Gasteiger partial charge in [0.2, 0.25) is 5.91 Å². The molecule has 0 bridgehead atoms. The van der Waals surface area contributed by atoms with Crippen molar-refractivity contribution in [1.82, 2.24) is 14.5 Å². The molecule has 6 nitrogen and oxygen atoms in total. The number of halogens is 1. The first kappa shape index (κ1) is 21.7. The number of hydrogen-bond acceptors (Lipinski definition) is 5. The number of ether oxygens (including phenoxy) is 1. The van der Waals surface area contributed by atoms with Crippen LogP contribution < -0.4 is 10.3 Å². The maximum absolute atomic E-state index is 13.6. The molecule has 0 radical (unpaired) electrons. The van der Waals surface area contributed by atoms with Crippen LogP contribution in [-0.2, 0) is 4.79 Å². The normalized spacial score (nSPS) is 14.8. The molecule has 3 aromatic rings. The monoisotopic (exact) mass is 457 g/mol. The van der Waals surface area contributed by atoms with Gasteiger partial charge in [0.1, 0.15) is 5.75 Å². The van der Waals surface area contributed by atoms with Crippen molar-refractivity contribution in [3.63, 3.8) is 0 Å². The number of hydrogen-bond donors (Lipinski definition) is 0. The Labute approximate surface area is 190 Å². The summed E-state index contributed by atoms with van der Waals surface area (Å²) in [6, 6.07) is 10.7. The minimum Gasteiger partial charge on any atom is -0.495 e. The molecule has 31 heavy (non-hydrogen) atoms. The van der Waals surface area contributed by atoms with Crippen LogP contribution in [0.3, 0.4) is 0 Å². The van der Waals surface area contributed by atoms with Crippen molar-refractivity contribution < 1.29 is 9.53 Å². The maximum atomic E-state index is 13.6. The summed E-state index contributed by atoms with van der Waals surface area (Å²) in [6.07, 6.45) is 2.06. The molecule has 4 rings (SSSR count). The predicted molar refractivity (Wildman–Crippen MR) is 125 cm³/mol. The summed E-state index contributed by atoms with van der Waals surface area (Å²) in [5.41, 5.74) is 1.86. The second-order valence-corrected chi connectivity index (χ2v) is 9.41. The lowest BCUT2D eigenvalue weighted by Gasteiger charge is -2.21. The minimum atomic E-state index is -0.385. The molecular formula is C23H24ClN3O3S. The third-order valence-corrected chi connectivity index (χ3v) is 6.70. The Hall–Kier alpha value is -2.51. The Bertz CT molecular complexity index is 1200. The number of rotatable bonds is 5. The predicted octanol–water partition coefficient (Wildman–Crippen LogP) is 4.46. The minimum absolute atomic E-state index is 0.0608. The van der Waals surface area contributed by atoms with Gasteiger partial charge in [-0.1, -0.05) is 29.4 Å². The summed E-state index contributed by atoms with van der Waals surface area (Å²) >= 11 is 7.44. The van der Waals surface area contributed by atoms with E-state index < -0.39 is 0 Å². The number of nitrogens with zero attached hydrogens (tertiary/aromatic N) is 3. The highest BCUT2D eigenvalue weighted by Crippen LogP contribution is 2.31. The number of benzene rings is 2. The van der Waals surface area contributed by atoms with Crippen molar-refractivity contribution in [3.8, 4) is 11.4 Å². The number of carbonyl (C=O) groups is 1. The Morgan fingerprint density at radius 1 is 1.19 bits per heavy atom. The van der Waals surface area contributed by atoms with Gasteiger partial charge in [0.05, 0.1) is 29.0 Å². The van der Waals surface area contributed by atoms with Crippen LogP contribution in [0.25, 0.3) is 16.6 Å². The number of methoxy groups -OCH3 is 1. The van der Waals surface area contributed by atoms with Gasteiger partial charge in [0.25, 0.3) is 5.56 Å². The van der Waals surface area contributed by atoms with E-state index in [-0.39, 0.29) is 16.7 Å². The van der Waals surface area contributed by atoms with Crippen LogP contribution in [0.15, 0.2) is 46.3 Å². The smallest absolute Gasteiger partial charge is 0.266 e. The number of likely N-dealkylation sites (tertiary alicyclic amines) is 1. The van der Waals surface area contributed by atoms with E-state index in [1.54, 1.807) is 29.9 Å². The molecule has 1 aromatic heterocycles. The Kier molecular flexibility index (Phi) is 6.25. The zero-order valence-electron chi connectivity index (χ0n) is 17.7. The van der Waals surface area contributed by atoms with Crippen LogP contribution in [0.5, 0.6) is 5.75 Å². The summed E-state index contributed by atoms with van der Waals surface area (Å²) in [6.45, 7) is 5.37. The van der Waals surface area contributed by atoms with Gasteiger partial charge in [0, 0.05) is 18.1 Å². The maximum Gasteiger partial charge on any atom is 0.266 e. The molecule has 1 amide bonds. The molecule has 8 heteroatoms. The molecule has 0 spiro atoms. The molecule has 0 aliphatic carbocycles. The van der Waals surface area contributed by atoms with Gasteiger partial charge in [-0.3, -0.25) is 14.2 Å². The first-order valence-electron chi connectivity index (χ1n) is 10.2. The number of aryl methyl sites for hydroxylation is 1. The molecule has 2 aromatic carbocycles. The van der Waals surface area contributed by atoms with Crippen LogP contribution in [0.1, 0.15) is 25.3 Å². The highest BCUT2D eigenvalue weighted by Gasteiger charge is 2.26. The summed E-state index contributed by atoms with van der Waals surface area (Å²) in [7, 11) is 1.57. The first-order valence-corrected chi connectivity index (χ1v) is 11.5. The van der Waals surface area contributed by atoms with E-state index in [1.807, 2.05) is 36.9 Å². The molecule has 1 saturated heterocycles. The number of aromatic nitrogens is 2. The lowest BCUT2D eigenvalue weighted by molar-refractivity contribution is -0.129. The van der Waals surface area contributed by atoms with Crippen molar-refractivity contribution in [2.75, 3.05) is 20.2 Å². The Balaban J connectivity index is 1.88. The van der Waals surface area contributed by atoms with Crippen molar-refractivity contribution in [3.05, 3.63) is 57.3 Å². The van der Waals surface area contributed by atoms with E-state index in [1.165, 1.54) is 11.8 Å². The second-order valence-electron chi connectivity index (χ2n) is 7.66. The summed E-state index contributed by atoms with van der Waals surface area (Å²) in [5, 5.41) is 1.01. The van der Waals surface area contributed by atoms with E-state index in [0.29, 0.717) is 32.5 Å². The van der Waals surface area contributed by atoms with Crippen LogP contribution in [0, 0.1) is 6.92 Å². The van der Waals surface area contributed by atoms with E-state index in [2.05, 4.69) is 0 Å². The molecular weight excluding hydrogens is 434 g/mol. The number of thioether (sulfide) groups is 1. The third-order valence-electron chi connectivity index (χ3n) is 5.42. The Morgan fingerprint density at radius 3 is 2.65 bits per heavy atom. The van der Waals surface area contributed by atoms with Gasteiger partial charge in [0.15, 0.2) is 5.16 Å². The molecule has 162 valence electrons. The quantitative estimate of drug-likeness (QED) is 0.418. The molecule has 1 fully saturated rings. The van der Waals surface area contributed by atoms with Crippen molar-refractivity contribution in [2.24, 2.45) is 0 Å². The van der Waals surface area contributed by atoms with E-state index >= 15 is 0 Å². The van der Waals surface area contributed by atoms with Gasteiger partial charge >= 0.3 is 0 Å². The summed E-state index contributed by atoms with van der Waals surface area (Å²) < 4.78 is 7.08. The highest BCUT2D eigenvalue weighted by atomic mass is 35.5. The molecule has 0 N–H and O–H groups in total. The van der Waals surface area contributed by atoms with Crippen LogP contribution >= 0.6 is 23.4 Å². The van der Waals surface area contributed by atoms with Crippen molar-refractivity contribution >= 4 is 40.2 Å². The number of carbonyl (C=O) groups excluding carboxylic acids is 1. The van der Waals surface area contributed by atoms with Crippen LogP contribution in [0.4, 0.5) is 0 Å². The van der Waals surface area contributed by atoms with E-state index in [9.17, 15) is 9.59 Å². The average Bonchev–Trinajstić information content (AvgIpc) is 3.28. The summed E-state index contributed by atoms with van der Waals surface area (Å²) in [4.78, 5) is 33.1. The molecule has 1 aliphatic heterocycles. The van der Waals surface area contributed by atoms with Gasteiger partial charge in [-0.15, -0.1) is 0 Å². The largest absolute Gasteiger partial charge is 0.495 e. The highest BCUT2D eigenvalue weighted by molar-refractivity contribution is 8.00. The fourth-order valence-electron chi connectivity index (χ4n) is 3.81. The number of amides is 1. The lowest BCUT2D eigenvalue weighted by atomic mass is 10.2. The van der Waals surface area contributed by atoms with Gasteiger partial charge in [-0.05, 0) is 62.6 Å². The van der Waals surface area contributed by atoms with Crippen molar-refractivity contribution in [2.45, 2.75) is 37.1 Å². The second kappa shape index (κ2) is 8.93. The number of fused-ring (bicyclic) bond motifs is 1. The fraction of sp³-hybridized carbons (Fsp3) is 0.348. The third kappa shape index (κ3) is 4.29. The van der Waals surface area contributed by atoms with Crippen LogP contribution in [0.2, 0.25) is 5.02 Å². The molecule has 1 aliphatic rings. The summed E-state index contributed by atoms with van der Waals surface area (Å²) in [5.74, 6) is 0.619.